The van der Waals surface area contributed by atoms with Crippen LogP contribution in [0.5, 0.6) is 11.5 Å². The van der Waals surface area contributed by atoms with Crippen molar-refractivity contribution >= 4 is 28.9 Å². The highest BCUT2D eigenvalue weighted by Crippen LogP contribution is 2.36. The van der Waals surface area contributed by atoms with Crippen LogP contribution in [-0.2, 0) is 13.5 Å². The lowest BCUT2D eigenvalue weighted by Gasteiger charge is -2.12. The van der Waals surface area contributed by atoms with Gasteiger partial charge in [-0.3, -0.25) is 4.68 Å². The first-order valence-corrected chi connectivity index (χ1v) is 10.0. The number of hydrogen-bond donors (Lipinski definition) is 1. The summed E-state index contributed by atoms with van der Waals surface area (Å²) in [6, 6.07) is 7.68. The van der Waals surface area contributed by atoms with Crippen molar-refractivity contribution in [3.8, 4) is 23.0 Å². The van der Waals surface area contributed by atoms with Crippen LogP contribution in [0.3, 0.4) is 0 Å². The molecule has 0 aliphatic rings. The number of nitrogens with zero attached hydrogens (tertiary/aromatic N) is 4. The van der Waals surface area contributed by atoms with E-state index in [2.05, 4.69) is 15.3 Å². The number of nitrogen functional groups attached to an aromatic ring is 1. The van der Waals surface area contributed by atoms with Crippen molar-refractivity contribution in [1.82, 2.24) is 20.0 Å². The van der Waals surface area contributed by atoms with Gasteiger partial charge in [-0.15, -0.1) is 10.2 Å². The third kappa shape index (κ3) is 4.22. The van der Waals surface area contributed by atoms with E-state index in [1.807, 2.05) is 20.9 Å². The van der Waals surface area contributed by atoms with E-state index in [-0.39, 0.29) is 34.4 Å². The largest absolute Gasteiger partial charge is 0.453 e. The molecule has 2 heterocycles. The van der Waals surface area contributed by atoms with E-state index in [4.69, 9.17) is 38.1 Å². The highest BCUT2D eigenvalue weighted by Gasteiger charge is 2.21. The SMILES string of the molecule is Cc1nn(C)c(C)c1-c1nnc(Cc2ccc(Cl)c(Oc3cc(N)cc(Cl)c3)c2F)o1. The van der Waals surface area contributed by atoms with Crippen LogP contribution in [0.1, 0.15) is 22.8 Å². The molecule has 0 aliphatic heterocycles. The molecular formula is C21H18Cl2FN5O2. The third-order valence-electron chi connectivity index (χ3n) is 4.77. The number of hydrogen-bond acceptors (Lipinski definition) is 6. The van der Waals surface area contributed by atoms with Crippen LogP contribution in [0.4, 0.5) is 10.1 Å². The molecule has 31 heavy (non-hydrogen) atoms. The molecule has 10 heteroatoms. The number of ether oxygens (including phenoxy) is 1. The van der Waals surface area contributed by atoms with Gasteiger partial charge in [0.25, 0.3) is 5.89 Å². The standard InChI is InChI=1S/C21H18Cl2FN5O2/c1-10-18(11(2)29(3)28-10)21-27-26-17(31-21)6-12-4-5-16(23)20(19(12)24)30-15-8-13(22)7-14(25)9-15/h4-5,7-9H,6,25H2,1-3H3. The molecule has 0 saturated carbocycles. The molecular weight excluding hydrogens is 444 g/mol. The zero-order valence-corrected chi connectivity index (χ0v) is 18.4. The highest BCUT2D eigenvalue weighted by atomic mass is 35.5. The minimum atomic E-state index is -0.639. The first-order chi connectivity index (χ1) is 14.7. The molecule has 2 N–H and O–H groups in total. The molecule has 0 unspecified atom stereocenters. The van der Waals surface area contributed by atoms with Gasteiger partial charge < -0.3 is 14.9 Å². The number of rotatable bonds is 5. The van der Waals surface area contributed by atoms with Gasteiger partial charge in [0, 0.05) is 35.1 Å². The Hall–Kier alpha value is -3.10. The smallest absolute Gasteiger partial charge is 0.251 e. The summed E-state index contributed by atoms with van der Waals surface area (Å²) in [6.07, 6.45) is 0.0579. The van der Waals surface area contributed by atoms with Crippen molar-refractivity contribution in [2.75, 3.05) is 5.73 Å². The van der Waals surface area contributed by atoms with Gasteiger partial charge in [-0.2, -0.15) is 5.10 Å². The van der Waals surface area contributed by atoms with Crippen LogP contribution in [0.2, 0.25) is 10.0 Å². The molecule has 0 spiro atoms. The van der Waals surface area contributed by atoms with Gasteiger partial charge in [0.2, 0.25) is 5.89 Å². The van der Waals surface area contributed by atoms with Gasteiger partial charge in [-0.25, -0.2) is 4.39 Å². The predicted octanol–water partition coefficient (Wildman–Crippen LogP) is 5.50. The Balaban J connectivity index is 1.63. The van der Waals surface area contributed by atoms with Gasteiger partial charge in [-0.1, -0.05) is 29.3 Å². The Kier molecular flexibility index (Phi) is 5.60. The lowest BCUT2D eigenvalue weighted by molar-refractivity contribution is 0.437. The Morgan fingerprint density at radius 2 is 1.94 bits per heavy atom. The van der Waals surface area contributed by atoms with Gasteiger partial charge in [-0.05, 0) is 32.0 Å². The Morgan fingerprint density at radius 1 is 1.16 bits per heavy atom. The molecule has 0 saturated heterocycles. The van der Waals surface area contributed by atoms with Crippen molar-refractivity contribution in [3.05, 3.63) is 69.0 Å². The number of nitrogens with two attached hydrogens (primary N) is 1. The van der Waals surface area contributed by atoms with E-state index in [1.165, 1.54) is 18.2 Å². The van der Waals surface area contributed by atoms with E-state index in [9.17, 15) is 0 Å². The summed E-state index contributed by atoms with van der Waals surface area (Å²) in [5.74, 6) is 0.0692. The maximum absolute atomic E-state index is 15.2. The van der Waals surface area contributed by atoms with Crippen LogP contribution in [0, 0.1) is 19.7 Å². The lowest BCUT2D eigenvalue weighted by Crippen LogP contribution is -1.98. The fraction of sp³-hybridized carbons (Fsp3) is 0.190. The van der Waals surface area contributed by atoms with Gasteiger partial charge in [0.15, 0.2) is 11.6 Å². The summed E-state index contributed by atoms with van der Waals surface area (Å²) in [5.41, 5.74) is 8.86. The fourth-order valence-electron chi connectivity index (χ4n) is 3.24. The van der Waals surface area contributed by atoms with Crippen LogP contribution >= 0.6 is 23.2 Å². The molecule has 2 aromatic heterocycles. The number of aryl methyl sites for hydroxylation is 2. The van der Waals surface area contributed by atoms with E-state index >= 15 is 4.39 Å². The van der Waals surface area contributed by atoms with Gasteiger partial charge in [0.05, 0.1) is 22.7 Å². The van der Waals surface area contributed by atoms with Crippen molar-refractivity contribution in [2.24, 2.45) is 7.05 Å². The predicted molar refractivity (Wildman–Crippen MR) is 116 cm³/mol. The number of benzene rings is 2. The molecule has 0 amide bonds. The van der Waals surface area contributed by atoms with E-state index in [1.54, 1.807) is 16.8 Å². The molecule has 7 nitrogen and oxygen atoms in total. The van der Waals surface area contributed by atoms with Crippen molar-refractivity contribution in [1.29, 1.82) is 0 Å². The van der Waals surface area contributed by atoms with Crippen LogP contribution < -0.4 is 10.5 Å². The minimum Gasteiger partial charge on any atom is -0.453 e. The first kappa shape index (κ1) is 21.1. The summed E-state index contributed by atoms with van der Waals surface area (Å²) >= 11 is 12.2. The second kappa shape index (κ2) is 8.20. The molecule has 0 bridgehead atoms. The van der Waals surface area contributed by atoms with E-state index in [0.29, 0.717) is 16.6 Å². The second-order valence-electron chi connectivity index (χ2n) is 7.02. The normalized spacial score (nSPS) is 11.2. The quantitative estimate of drug-likeness (QED) is 0.394. The fourth-order valence-corrected chi connectivity index (χ4v) is 3.65. The maximum Gasteiger partial charge on any atom is 0.251 e. The van der Waals surface area contributed by atoms with Gasteiger partial charge >= 0.3 is 0 Å². The lowest BCUT2D eigenvalue weighted by atomic mass is 10.1. The first-order valence-electron chi connectivity index (χ1n) is 9.26. The van der Waals surface area contributed by atoms with Crippen LogP contribution in [0.15, 0.2) is 34.7 Å². The minimum absolute atomic E-state index is 0.0579. The molecule has 0 radical (unpaired) electrons. The monoisotopic (exact) mass is 461 g/mol. The third-order valence-corrected chi connectivity index (χ3v) is 5.29. The highest BCUT2D eigenvalue weighted by molar-refractivity contribution is 6.32. The zero-order valence-electron chi connectivity index (χ0n) is 16.9. The Labute approximate surface area is 187 Å². The van der Waals surface area contributed by atoms with Crippen LogP contribution in [-0.4, -0.2) is 20.0 Å². The molecule has 0 fully saturated rings. The van der Waals surface area contributed by atoms with E-state index < -0.39 is 5.82 Å². The number of halogens is 3. The summed E-state index contributed by atoms with van der Waals surface area (Å²) in [6.45, 7) is 3.77. The topological polar surface area (TPSA) is 92.0 Å². The maximum atomic E-state index is 15.2. The average Bonchev–Trinajstić information content (AvgIpc) is 3.24. The summed E-state index contributed by atoms with van der Waals surface area (Å²) in [5, 5.41) is 13.0. The number of aromatic nitrogens is 4. The molecule has 2 aromatic carbocycles. The Bertz CT molecular complexity index is 1270. The van der Waals surface area contributed by atoms with Crippen molar-refractivity contribution in [3.63, 3.8) is 0 Å². The van der Waals surface area contributed by atoms with Crippen LogP contribution in [0.25, 0.3) is 11.5 Å². The average molecular weight is 462 g/mol. The molecule has 4 aromatic rings. The summed E-state index contributed by atoms with van der Waals surface area (Å²) in [4.78, 5) is 0. The summed E-state index contributed by atoms with van der Waals surface area (Å²) in [7, 11) is 1.83. The summed E-state index contributed by atoms with van der Waals surface area (Å²) < 4.78 is 28.3. The number of anilines is 1. The molecule has 0 atom stereocenters. The van der Waals surface area contributed by atoms with E-state index in [0.717, 1.165) is 17.0 Å². The Morgan fingerprint density at radius 3 is 2.61 bits per heavy atom. The van der Waals surface area contributed by atoms with Crippen molar-refractivity contribution in [2.45, 2.75) is 20.3 Å². The molecule has 4 rings (SSSR count). The second-order valence-corrected chi connectivity index (χ2v) is 7.86. The molecule has 0 aliphatic carbocycles. The zero-order chi connectivity index (χ0) is 22.3. The van der Waals surface area contributed by atoms with Crippen molar-refractivity contribution < 1.29 is 13.5 Å². The van der Waals surface area contributed by atoms with Gasteiger partial charge in [0.1, 0.15) is 5.75 Å². The molecule has 160 valence electrons.